The van der Waals surface area contributed by atoms with Gasteiger partial charge in [0.05, 0.1) is 31.3 Å². The lowest BCUT2D eigenvalue weighted by Crippen LogP contribution is -2.55. The molecule has 35 heavy (non-hydrogen) atoms. The molecule has 3 rings (SSSR count). The number of imide groups is 1. The lowest BCUT2D eigenvalue weighted by atomic mass is 9.99. The fourth-order valence-electron chi connectivity index (χ4n) is 3.34. The second-order valence-electron chi connectivity index (χ2n) is 7.57. The highest BCUT2D eigenvalue weighted by Gasteiger charge is 2.48. The van der Waals surface area contributed by atoms with Crippen molar-refractivity contribution in [1.82, 2.24) is 20.5 Å². The summed E-state index contributed by atoms with van der Waals surface area (Å²) in [6, 6.07) is 0.714. The molecule has 0 radical (unpaired) electrons. The molecule has 0 spiro atoms. The molecule has 1 fully saturated rings. The third kappa shape index (κ3) is 7.02. The molecular formula is C23H27N5O6S. The van der Waals surface area contributed by atoms with Gasteiger partial charge in [0.1, 0.15) is 0 Å². The minimum Gasteiger partial charge on any atom is -0.381 e. The van der Waals surface area contributed by atoms with E-state index in [1.54, 1.807) is 26.2 Å². The molecule has 1 aromatic heterocycles. The second kappa shape index (κ2) is 11.5. The Bertz CT molecular complexity index is 1240. The number of anilines is 1. The molecule has 3 heterocycles. The van der Waals surface area contributed by atoms with E-state index >= 15 is 0 Å². The second-order valence-corrected chi connectivity index (χ2v) is 9.32. The van der Waals surface area contributed by atoms with Crippen LogP contribution in [0.25, 0.3) is 0 Å². The summed E-state index contributed by atoms with van der Waals surface area (Å²) in [4.78, 5) is 42.7. The summed E-state index contributed by atoms with van der Waals surface area (Å²) < 4.78 is 30.2. The molecule has 1 aromatic rings. The summed E-state index contributed by atoms with van der Waals surface area (Å²) in [6.07, 6.45) is 7.25. The molecule has 0 aromatic carbocycles. The van der Waals surface area contributed by atoms with Crippen molar-refractivity contribution in [3.63, 3.8) is 0 Å². The van der Waals surface area contributed by atoms with Gasteiger partial charge < -0.3 is 15.0 Å². The Hall–Kier alpha value is -3.95. The molecule has 1 atom stereocenters. The zero-order valence-electron chi connectivity index (χ0n) is 19.7. The molecule has 0 unspecified atom stereocenters. The van der Waals surface area contributed by atoms with Gasteiger partial charge in [-0.25, -0.2) is 13.2 Å². The van der Waals surface area contributed by atoms with E-state index in [2.05, 4.69) is 45.3 Å². The van der Waals surface area contributed by atoms with Gasteiger partial charge in [-0.15, -0.1) is 13.2 Å². The number of nitrogens with one attached hydrogen (secondary N) is 3. The highest BCUT2D eigenvalue weighted by Crippen LogP contribution is 2.23. The van der Waals surface area contributed by atoms with Crippen LogP contribution < -0.4 is 15.4 Å². The van der Waals surface area contributed by atoms with Crippen LogP contribution in [-0.2, 0) is 24.3 Å². The standard InChI is InChI=1S/C21H23N5O6S.C2H4/c1-14-16(5-4-8-32-2)12-26(18(14)27)13-21(19(28)23-20(29)24-21)7-6-15-9-17(11-22-10-15)25-33(3,30)31;1-2/h4-5,9-11,25H,8,12-13H2,1-3H3,(H2,23,24,28,29);1-2H2/b5-4-;/t21-;/m1./s1. The number of urea groups is 1. The first-order valence-corrected chi connectivity index (χ1v) is 12.2. The Labute approximate surface area is 204 Å². The van der Waals surface area contributed by atoms with Crippen molar-refractivity contribution in [1.29, 1.82) is 0 Å². The number of amides is 4. The summed E-state index contributed by atoms with van der Waals surface area (Å²) in [5.74, 6) is 4.54. The highest BCUT2D eigenvalue weighted by molar-refractivity contribution is 7.92. The zero-order valence-corrected chi connectivity index (χ0v) is 20.5. The Morgan fingerprint density at radius 2 is 2.03 bits per heavy atom. The minimum absolute atomic E-state index is 0.177. The highest BCUT2D eigenvalue weighted by atomic mass is 32.2. The van der Waals surface area contributed by atoms with E-state index in [1.807, 2.05) is 0 Å². The van der Waals surface area contributed by atoms with Crippen LogP contribution in [0.4, 0.5) is 10.5 Å². The van der Waals surface area contributed by atoms with Crippen molar-refractivity contribution < 1.29 is 27.5 Å². The molecule has 4 amide bonds. The maximum atomic E-state index is 12.8. The maximum absolute atomic E-state index is 12.8. The fraction of sp³-hybridized carbons (Fsp3) is 0.304. The number of carbonyl (C=O) groups is 3. The van der Waals surface area contributed by atoms with Crippen molar-refractivity contribution >= 4 is 33.6 Å². The smallest absolute Gasteiger partial charge is 0.323 e. The van der Waals surface area contributed by atoms with Crippen LogP contribution in [0.3, 0.4) is 0 Å². The average molecular weight is 502 g/mol. The summed E-state index contributed by atoms with van der Waals surface area (Å²) in [5, 5.41) is 4.67. The van der Waals surface area contributed by atoms with E-state index in [1.165, 1.54) is 23.4 Å². The summed E-state index contributed by atoms with van der Waals surface area (Å²) in [6.45, 7) is 8.14. The van der Waals surface area contributed by atoms with Crippen LogP contribution in [0.15, 0.2) is 54.9 Å². The number of aromatic nitrogens is 1. The maximum Gasteiger partial charge on any atom is 0.323 e. The number of pyridine rings is 1. The quantitative estimate of drug-likeness (QED) is 0.281. The van der Waals surface area contributed by atoms with Crippen LogP contribution in [0, 0.1) is 11.8 Å². The van der Waals surface area contributed by atoms with E-state index in [-0.39, 0.29) is 24.7 Å². The topological polar surface area (TPSA) is 147 Å². The number of nitrogens with zero attached hydrogens (tertiary/aromatic N) is 2. The van der Waals surface area contributed by atoms with Crippen LogP contribution in [0.2, 0.25) is 0 Å². The lowest BCUT2D eigenvalue weighted by molar-refractivity contribution is -0.128. The third-order valence-electron chi connectivity index (χ3n) is 4.86. The van der Waals surface area contributed by atoms with E-state index in [4.69, 9.17) is 4.74 Å². The Kier molecular flexibility index (Phi) is 8.93. The van der Waals surface area contributed by atoms with Crippen molar-refractivity contribution in [2.45, 2.75) is 12.5 Å². The van der Waals surface area contributed by atoms with Crippen LogP contribution in [0.1, 0.15) is 12.5 Å². The predicted molar refractivity (Wildman–Crippen MR) is 131 cm³/mol. The van der Waals surface area contributed by atoms with Gasteiger partial charge in [-0.3, -0.25) is 24.6 Å². The van der Waals surface area contributed by atoms with E-state index in [0.29, 0.717) is 17.7 Å². The molecule has 12 heteroatoms. The van der Waals surface area contributed by atoms with Crippen LogP contribution in [-0.4, -0.2) is 74.7 Å². The van der Waals surface area contributed by atoms with Gasteiger partial charge in [0, 0.05) is 31.0 Å². The van der Waals surface area contributed by atoms with Gasteiger partial charge in [0.25, 0.3) is 5.91 Å². The zero-order chi connectivity index (χ0) is 26.2. The molecule has 3 N–H and O–H groups in total. The molecule has 11 nitrogen and oxygen atoms in total. The van der Waals surface area contributed by atoms with E-state index in [9.17, 15) is 22.8 Å². The summed E-state index contributed by atoms with van der Waals surface area (Å²) in [5.41, 5.74) is 0.119. The minimum atomic E-state index is -3.52. The predicted octanol–water partition coefficient (Wildman–Crippen LogP) is 0.546. The van der Waals surface area contributed by atoms with Crippen LogP contribution >= 0.6 is 0 Å². The normalized spacial score (nSPS) is 19.6. The van der Waals surface area contributed by atoms with Gasteiger partial charge in [-0.1, -0.05) is 24.0 Å². The number of hydrogen-bond acceptors (Lipinski definition) is 7. The van der Waals surface area contributed by atoms with E-state index < -0.39 is 27.5 Å². The molecular weight excluding hydrogens is 474 g/mol. The van der Waals surface area contributed by atoms with Crippen LogP contribution in [0.5, 0.6) is 0 Å². The van der Waals surface area contributed by atoms with Gasteiger partial charge in [-0.05, 0) is 18.6 Å². The number of hydrogen-bond donors (Lipinski definition) is 3. The number of rotatable bonds is 7. The molecule has 186 valence electrons. The Balaban J connectivity index is 0.00000210. The molecule has 2 aliphatic heterocycles. The number of ether oxygens (including phenoxy) is 1. The molecule has 2 aliphatic rings. The Morgan fingerprint density at radius 3 is 2.63 bits per heavy atom. The third-order valence-corrected chi connectivity index (χ3v) is 5.47. The van der Waals surface area contributed by atoms with Crippen molar-refractivity contribution in [3.05, 3.63) is 60.5 Å². The van der Waals surface area contributed by atoms with Gasteiger partial charge >= 0.3 is 6.03 Å². The van der Waals surface area contributed by atoms with E-state index in [0.717, 1.165) is 11.8 Å². The van der Waals surface area contributed by atoms with Crippen molar-refractivity contribution in [2.75, 3.05) is 37.8 Å². The number of sulfonamides is 1. The largest absolute Gasteiger partial charge is 0.381 e. The molecule has 0 saturated carbocycles. The average Bonchev–Trinajstić information content (AvgIpc) is 3.22. The van der Waals surface area contributed by atoms with Gasteiger partial charge in [0.2, 0.25) is 21.5 Å². The monoisotopic (exact) mass is 501 g/mol. The lowest BCUT2D eigenvalue weighted by Gasteiger charge is -2.26. The summed E-state index contributed by atoms with van der Waals surface area (Å²) in [7, 11) is -1.96. The molecule has 0 bridgehead atoms. The number of methoxy groups -OCH3 is 1. The molecule has 1 saturated heterocycles. The summed E-state index contributed by atoms with van der Waals surface area (Å²) >= 11 is 0. The van der Waals surface area contributed by atoms with Crippen molar-refractivity contribution in [2.24, 2.45) is 0 Å². The van der Waals surface area contributed by atoms with Crippen molar-refractivity contribution in [3.8, 4) is 11.8 Å². The first kappa shape index (κ1) is 27.3. The first-order valence-electron chi connectivity index (χ1n) is 10.3. The first-order chi connectivity index (χ1) is 16.5. The molecule has 0 aliphatic carbocycles. The van der Waals surface area contributed by atoms with Gasteiger partial charge in [0.15, 0.2) is 0 Å². The van der Waals surface area contributed by atoms with Gasteiger partial charge in [-0.2, -0.15) is 0 Å². The Morgan fingerprint density at radius 1 is 1.31 bits per heavy atom. The number of carbonyl (C=O) groups excluding carboxylic acids is 3. The fourth-order valence-corrected chi connectivity index (χ4v) is 3.88. The SMILES string of the molecule is C=C.COC/C=C\C1=C(C)C(=O)N(C[C@@]2(C#Cc3cncc(NS(C)(=O)=O)c3)NC(=O)NC2=O)C1.